The van der Waals surface area contributed by atoms with Gasteiger partial charge in [0.2, 0.25) is 0 Å². The van der Waals surface area contributed by atoms with E-state index in [1.807, 2.05) is 18.2 Å². The molecule has 0 aromatic heterocycles. The lowest BCUT2D eigenvalue weighted by Crippen LogP contribution is -3.00. The number of hydrogen-bond acceptors (Lipinski definition) is 4. The Hall–Kier alpha value is -0.980. The molecule has 156 valence electrons. The maximum absolute atomic E-state index is 6.00. The lowest BCUT2D eigenvalue weighted by atomic mass is 9.98. The monoisotopic (exact) mass is 488 g/mol. The molecule has 0 spiro atoms. The minimum absolute atomic E-state index is 0. The zero-order valence-electron chi connectivity index (χ0n) is 16.0. The van der Waals surface area contributed by atoms with Crippen LogP contribution in [0.2, 0.25) is 0 Å². The summed E-state index contributed by atoms with van der Waals surface area (Å²) in [6, 6.07) is 14.3. The van der Waals surface area contributed by atoms with Crippen LogP contribution in [0.15, 0.2) is 46.9 Å². The van der Waals surface area contributed by atoms with Crippen LogP contribution in [-0.4, -0.2) is 26.7 Å². The second-order valence-corrected chi connectivity index (χ2v) is 7.56. The van der Waals surface area contributed by atoms with Crippen LogP contribution in [0.4, 0.5) is 0 Å². The van der Waals surface area contributed by atoms with E-state index in [0.29, 0.717) is 6.61 Å². The van der Waals surface area contributed by atoms with E-state index in [4.69, 9.17) is 9.47 Å². The van der Waals surface area contributed by atoms with Gasteiger partial charge in [0.1, 0.15) is 6.61 Å². The van der Waals surface area contributed by atoms with Crippen LogP contribution in [-0.2, 0) is 13.2 Å². The number of halogens is 3. The predicted molar refractivity (Wildman–Crippen MR) is 109 cm³/mol. The second kappa shape index (κ2) is 13.3. The number of piperidine rings is 1. The standard InChI is InChI=1S/C21H27BrN2O2.2ClH/c1-25-20-12-18(14-24-13-16-7-9-23-10-8-16)11-19(22)21(20)26-15-17-5-3-2-4-6-17;;/h2-6,11-12,16,23-24H,7-10,13-15H2,1H3;2*1H/p-2. The maximum atomic E-state index is 6.00. The summed E-state index contributed by atoms with van der Waals surface area (Å²) in [6.07, 6.45) is 2.51. The topological polar surface area (TPSA) is 42.5 Å². The van der Waals surface area contributed by atoms with Gasteiger partial charge in [-0.2, -0.15) is 0 Å². The van der Waals surface area contributed by atoms with Gasteiger partial charge in [-0.3, -0.25) is 0 Å². The second-order valence-electron chi connectivity index (χ2n) is 6.71. The average molecular weight is 490 g/mol. The zero-order valence-corrected chi connectivity index (χ0v) is 19.1. The molecule has 1 saturated heterocycles. The summed E-state index contributed by atoms with van der Waals surface area (Å²) in [5, 5.41) is 6.99. The van der Waals surface area contributed by atoms with Crippen molar-refractivity contribution >= 4 is 15.9 Å². The summed E-state index contributed by atoms with van der Waals surface area (Å²) < 4.78 is 12.5. The first kappa shape index (κ1) is 25.1. The number of benzene rings is 2. The van der Waals surface area contributed by atoms with Gasteiger partial charge in [0, 0.05) is 6.54 Å². The van der Waals surface area contributed by atoms with E-state index in [9.17, 15) is 0 Å². The lowest BCUT2D eigenvalue weighted by Gasteiger charge is -2.23. The normalized spacial score (nSPS) is 13.9. The SMILES string of the molecule is COc1cc(CNCC2CCNCC2)cc(Br)c1OCc1ccccc1.[Cl-].[Cl-]. The molecule has 0 bridgehead atoms. The van der Waals surface area contributed by atoms with E-state index in [-0.39, 0.29) is 24.8 Å². The van der Waals surface area contributed by atoms with Crippen molar-refractivity contribution in [3.63, 3.8) is 0 Å². The van der Waals surface area contributed by atoms with Crippen LogP contribution in [0.1, 0.15) is 24.0 Å². The van der Waals surface area contributed by atoms with Gasteiger partial charge in [-0.1, -0.05) is 30.3 Å². The van der Waals surface area contributed by atoms with Gasteiger partial charge in [-0.15, -0.1) is 0 Å². The molecule has 2 aromatic rings. The Morgan fingerprint density at radius 1 is 1.07 bits per heavy atom. The van der Waals surface area contributed by atoms with E-state index in [1.54, 1.807) is 7.11 Å². The van der Waals surface area contributed by atoms with Crippen LogP contribution >= 0.6 is 15.9 Å². The molecule has 0 unspecified atom stereocenters. The quantitative estimate of drug-likeness (QED) is 0.456. The smallest absolute Gasteiger partial charge is 0.175 e. The maximum Gasteiger partial charge on any atom is 0.175 e. The van der Waals surface area contributed by atoms with E-state index in [1.165, 1.54) is 18.4 Å². The first-order valence-electron chi connectivity index (χ1n) is 9.21. The molecule has 1 fully saturated rings. The van der Waals surface area contributed by atoms with Gasteiger partial charge in [0.15, 0.2) is 11.5 Å². The number of nitrogens with one attached hydrogen (secondary N) is 2. The van der Waals surface area contributed by atoms with E-state index in [0.717, 1.165) is 53.6 Å². The number of ether oxygens (including phenoxy) is 2. The van der Waals surface area contributed by atoms with Gasteiger partial charge >= 0.3 is 0 Å². The molecule has 7 heteroatoms. The van der Waals surface area contributed by atoms with Crippen molar-refractivity contribution in [1.82, 2.24) is 10.6 Å². The lowest BCUT2D eigenvalue weighted by molar-refractivity contribution is -0.00100. The molecular formula is C21H27BrCl2N2O2-2. The molecule has 1 heterocycles. The van der Waals surface area contributed by atoms with E-state index < -0.39 is 0 Å². The van der Waals surface area contributed by atoms with Crippen molar-refractivity contribution in [2.24, 2.45) is 5.92 Å². The van der Waals surface area contributed by atoms with Gasteiger partial charge in [-0.05, 0) is 77.6 Å². The molecule has 1 aliphatic heterocycles. The van der Waals surface area contributed by atoms with E-state index in [2.05, 4.69) is 50.8 Å². The highest BCUT2D eigenvalue weighted by molar-refractivity contribution is 9.10. The zero-order chi connectivity index (χ0) is 18.2. The number of rotatable bonds is 8. The van der Waals surface area contributed by atoms with Gasteiger partial charge in [-0.25, -0.2) is 0 Å². The molecule has 3 rings (SSSR count). The fourth-order valence-electron chi connectivity index (χ4n) is 3.25. The molecule has 0 amide bonds. The van der Waals surface area contributed by atoms with Crippen LogP contribution in [0.3, 0.4) is 0 Å². The minimum atomic E-state index is 0. The third-order valence-corrected chi connectivity index (χ3v) is 5.33. The Balaban J connectivity index is 0.00000196. The largest absolute Gasteiger partial charge is 1.00 e. The molecule has 0 atom stereocenters. The molecule has 2 aromatic carbocycles. The summed E-state index contributed by atoms with van der Waals surface area (Å²) in [4.78, 5) is 0. The Morgan fingerprint density at radius 3 is 2.46 bits per heavy atom. The molecule has 1 aliphatic rings. The Morgan fingerprint density at radius 2 is 1.79 bits per heavy atom. The van der Waals surface area contributed by atoms with Crippen molar-refractivity contribution in [3.05, 3.63) is 58.1 Å². The summed E-state index contributed by atoms with van der Waals surface area (Å²) in [7, 11) is 1.68. The highest BCUT2D eigenvalue weighted by Crippen LogP contribution is 2.37. The Labute approximate surface area is 188 Å². The Bertz CT molecular complexity index is 698. The molecule has 28 heavy (non-hydrogen) atoms. The van der Waals surface area contributed by atoms with Crippen molar-refractivity contribution < 1.29 is 34.3 Å². The van der Waals surface area contributed by atoms with Gasteiger partial charge in [0.25, 0.3) is 0 Å². The first-order valence-corrected chi connectivity index (χ1v) is 10.00. The molecule has 2 N–H and O–H groups in total. The summed E-state index contributed by atoms with van der Waals surface area (Å²) in [5.74, 6) is 2.28. The third-order valence-electron chi connectivity index (χ3n) is 4.74. The summed E-state index contributed by atoms with van der Waals surface area (Å²) in [6.45, 7) is 4.69. The minimum Gasteiger partial charge on any atom is -1.00 e. The predicted octanol–water partition coefficient (Wildman–Crippen LogP) is -1.87. The first-order chi connectivity index (χ1) is 12.8. The fraction of sp³-hybridized carbons (Fsp3) is 0.429. The van der Waals surface area contributed by atoms with Crippen molar-refractivity contribution in [2.75, 3.05) is 26.7 Å². The van der Waals surface area contributed by atoms with Crippen molar-refractivity contribution in [3.8, 4) is 11.5 Å². The summed E-state index contributed by atoms with van der Waals surface area (Å²) in [5.41, 5.74) is 2.32. The van der Waals surface area contributed by atoms with Crippen LogP contribution in [0.25, 0.3) is 0 Å². The van der Waals surface area contributed by atoms with Gasteiger partial charge in [0.05, 0.1) is 11.6 Å². The number of hydrogen-bond donors (Lipinski definition) is 2. The molecular weight excluding hydrogens is 463 g/mol. The fourth-order valence-corrected chi connectivity index (χ4v) is 3.86. The highest BCUT2D eigenvalue weighted by atomic mass is 79.9. The molecule has 0 aliphatic carbocycles. The highest BCUT2D eigenvalue weighted by Gasteiger charge is 2.14. The van der Waals surface area contributed by atoms with Crippen molar-refractivity contribution in [2.45, 2.75) is 26.0 Å². The number of methoxy groups -OCH3 is 1. The van der Waals surface area contributed by atoms with E-state index >= 15 is 0 Å². The van der Waals surface area contributed by atoms with Crippen molar-refractivity contribution in [1.29, 1.82) is 0 Å². The molecule has 0 saturated carbocycles. The third kappa shape index (κ3) is 7.45. The van der Waals surface area contributed by atoms with Gasteiger partial charge < -0.3 is 44.9 Å². The van der Waals surface area contributed by atoms with Crippen LogP contribution in [0.5, 0.6) is 11.5 Å². The summed E-state index contributed by atoms with van der Waals surface area (Å²) >= 11 is 3.64. The van der Waals surface area contributed by atoms with Crippen LogP contribution < -0.4 is 44.9 Å². The van der Waals surface area contributed by atoms with Crippen LogP contribution in [0, 0.1) is 5.92 Å². The molecule has 0 radical (unpaired) electrons. The molecule has 4 nitrogen and oxygen atoms in total. The average Bonchev–Trinajstić information content (AvgIpc) is 2.68. The Kier molecular flexibility index (Phi) is 11.9.